The number of aryl methyl sites for hydroxylation is 1. The lowest BCUT2D eigenvalue weighted by atomic mass is 10.0. The van der Waals surface area contributed by atoms with Gasteiger partial charge < -0.3 is 18.9 Å². The predicted octanol–water partition coefficient (Wildman–Crippen LogP) is 8.02. The Morgan fingerprint density at radius 3 is 2.35 bits per heavy atom. The number of guanidine groups is 1. The minimum atomic E-state index is -0.797. The maximum Gasteiger partial charge on any atom is 0.437 e. The Morgan fingerprint density at radius 2 is 1.67 bits per heavy atom. The second kappa shape index (κ2) is 15.9. The van der Waals surface area contributed by atoms with Crippen molar-refractivity contribution in [3.05, 3.63) is 35.7 Å². The van der Waals surface area contributed by atoms with Gasteiger partial charge in [-0.15, -0.1) is 4.99 Å². The molecular formula is C33H51N5O5. The van der Waals surface area contributed by atoms with Gasteiger partial charge in [-0.25, -0.2) is 9.59 Å². The SMILES string of the molecule is CCCCCCCCCCc1cccc(-c2noc([C@@H]3CCN(C(=NC(=O)OC(C)(C)C)NC(=O)OC(C)(C)C)C3)n2)c1. The molecular weight excluding hydrogens is 546 g/mol. The summed E-state index contributed by atoms with van der Waals surface area (Å²) in [5, 5.41) is 6.89. The van der Waals surface area contributed by atoms with E-state index < -0.39 is 23.4 Å². The third-order valence-electron chi connectivity index (χ3n) is 6.99. The Labute approximate surface area is 257 Å². The first-order valence-electron chi connectivity index (χ1n) is 15.8. The highest BCUT2D eigenvalue weighted by molar-refractivity contribution is 5.99. The van der Waals surface area contributed by atoms with Crippen molar-refractivity contribution >= 4 is 18.1 Å². The fourth-order valence-corrected chi connectivity index (χ4v) is 4.95. The average Bonchev–Trinajstić information content (AvgIpc) is 3.58. The van der Waals surface area contributed by atoms with Gasteiger partial charge in [-0.3, -0.25) is 5.32 Å². The third-order valence-corrected chi connectivity index (χ3v) is 6.99. The molecule has 1 atom stereocenters. The van der Waals surface area contributed by atoms with Gasteiger partial charge in [0.15, 0.2) is 0 Å². The number of ether oxygens (including phenoxy) is 2. The van der Waals surface area contributed by atoms with Crippen molar-refractivity contribution in [3.8, 4) is 11.4 Å². The molecule has 1 saturated heterocycles. The van der Waals surface area contributed by atoms with Gasteiger partial charge in [0, 0.05) is 18.7 Å². The van der Waals surface area contributed by atoms with E-state index in [0.717, 1.165) is 12.0 Å². The van der Waals surface area contributed by atoms with Crippen molar-refractivity contribution in [2.24, 2.45) is 4.99 Å². The number of amides is 2. The van der Waals surface area contributed by atoms with Crippen LogP contribution in [0.5, 0.6) is 0 Å². The lowest BCUT2D eigenvalue weighted by Gasteiger charge is -2.24. The topological polar surface area (TPSA) is 119 Å². The van der Waals surface area contributed by atoms with E-state index in [1.807, 2.05) is 12.1 Å². The van der Waals surface area contributed by atoms with E-state index in [2.05, 4.69) is 34.5 Å². The molecule has 43 heavy (non-hydrogen) atoms. The van der Waals surface area contributed by atoms with Gasteiger partial charge in [-0.2, -0.15) is 4.98 Å². The van der Waals surface area contributed by atoms with Crippen LogP contribution in [0.4, 0.5) is 9.59 Å². The van der Waals surface area contributed by atoms with E-state index >= 15 is 0 Å². The summed E-state index contributed by atoms with van der Waals surface area (Å²) in [5.41, 5.74) is 0.773. The molecule has 0 spiro atoms. The van der Waals surface area contributed by atoms with E-state index in [4.69, 9.17) is 19.0 Å². The van der Waals surface area contributed by atoms with Gasteiger partial charge in [-0.1, -0.05) is 75.2 Å². The highest BCUT2D eigenvalue weighted by atomic mass is 16.6. The van der Waals surface area contributed by atoms with Crippen molar-refractivity contribution in [2.45, 2.75) is 130 Å². The average molecular weight is 598 g/mol. The summed E-state index contributed by atoms with van der Waals surface area (Å²) in [6.07, 6.45) is 10.6. The lowest BCUT2D eigenvalue weighted by molar-refractivity contribution is 0.0555. The first-order chi connectivity index (χ1) is 20.3. The van der Waals surface area contributed by atoms with Crippen LogP contribution in [0.25, 0.3) is 11.4 Å². The molecule has 238 valence electrons. The number of alkyl carbamates (subject to hydrolysis) is 1. The number of nitrogens with zero attached hydrogens (tertiary/aromatic N) is 4. The number of hydrogen-bond donors (Lipinski definition) is 1. The van der Waals surface area contributed by atoms with Crippen molar-refractivity contribution < 1.29 is 23.6 Å². The van der Waals surface area contributed by atoms with Gasteiger partial charge in [0.2, 0.25) is 17.7 Å². The smallest absolute Gasteiger partial charge is 0.437 e. The van der Waals surface area contributed by atoms with Crippen LogP contribution in [0.1, 0.15) is 124 Å². The van der Waals surface area contributed by atoms with Crippen LogP contribution in [-0.2, 0) is 15.9 Å². The van der Waals surface area contributed by atoms with E-state index in [1.165, 1.54) is 56.9 Å². The maximum absolute atomic E-state index is 12.5. The number of unbranched alkanes of at least 4 members (excludes halogenated alkanes) is 7. The lowest BCUT2D eigenvalue weighted by Crippen LogP contribution is -2.45. The zero-order valence-electron chi connectivity index (χ0n) is 27.2. The molecule has 1 aliphatic rings. The molecule has 0 saturated carbocycles. The summed E-state index contributed by atoms with van der Waals surface area (Å²) in [5.74, 6) is 1.05. The van der Waals surface area contributed by atoms with Crippen LogP contribution < -0.4 is 5.32 Å². The number of aromatic nitrogens is 2. The van der Waals surface area contributed by atoms with Gasteiger partial charge >= 0.3 is 12.2 Å². The predicted molar refractivity (Wildman–Crippen MR) is 168 cm³/mol. The third kappa shape index (κ3) is 12.4. The normalized spacial score (nSPS) is 15.9. The molecule has 1 aliphatic heterocycles. The molecule has 0 aliphatic carbocycles. The number of carbonyl (C=O) groups excluding carboxylic acids is 2. The van der Waals surface area contributed by atoms with Gasteiger partial charge in [0.05, 0.1) is 5.92 Å². The van der Waals surface area contributed by atoms with E-state index in [-0.39, 0.29) is 11.9 Å². The number of nitrogens with one attached hydrogen (secondary N) is 1. The quantitative estimate of drug-likeness (QED) is 0.157. The molecule has 2 aromatic rings. The number of likely N-dealkylation sites (tertiary alicyclic amines) is 1. The monoisotopic (exact) mass is 597 g/mol. The molecule has 10 heteroatoms. The second-order valence-corrected chi connectivity index (χ2v) is 13.4. The fourth-order valence-electron chi connectivity index (χ4n) is 4.95. The molecule has 0 unspecified atom stereocenters. The minimum absolute atomic E-state index is 0.0689. The summed E-state index contributed by atoms with van der Waals surface area (Å²) in [6, 6.07) is 8.35. The van der Waals surface area contributed by atoms with Gasteiger partial charge in [-0.05, 0) is 72.4 Å². The summed E-state index contributed by atoms with van der Waals surface area (Å²) < 4.78 is 16.4. The standard InChI is InChI=1S/C33H51N5O5/c1-8-9-10-11-12-13-14-15-17-24-18-16-19-25(22-24)27-34-28(43-37-27)26-20-21-38(23-26)29(35-30(39)41-32(2,3)4)36-31(40)42-33(5,6)7/h16,18-19,22,26H,8-15,17,20-21,23H2,1-7H3,(H,35,36,39,40)/t26-/m1/s1. The van der Waals surface area contributed by atoms with Crippen LogP contribution >= 0.6 is 0 Å². The molecule has 3 rings (SSSR count). The van der Waals surface area contributed by atoms with Crippen molar-refractivity contribution in [3.63, 3.8) is 0 Å². The Morgan fingerprint density at radius 1 is 1.00 bits per heavy atom. The van der Waals surface area contributed by atoms with Crippen molar-refractivity contribution in [1.29, 1.82) is 0 Å². The first-order valence-corrected chi connectivity index (χ1v) is 15.8. The molecule has 1 fully saturated rings. The molecule has 10 nitrogen and oxygen atoms in total. The number of carbonyl (C=O) groups is 2. The summed E-state index contributed by atoms with van der Waals surface area (Å²) in [7, 11) is 0. The number of rotatable bonds is 11. The largest absolute Gasteiger partial charge is 0.444 e. The van der Waals surface area contributed by atoms with Crippen LogP contribution in [0.3, 0.4) is 0 Å². The molecule has 2 heterocycles. The highest BCUT2D eigenvalue weighted by Crippen LogP contribution is 2.28. The second-order valence-electron chi connectivity index (χ2n) is 13.4. The Kier molecular flexibility index (Phi) is 12.6. The maximum atomic E-state index is 12.5. The Balaban J connectivity index is 1.61. The van der Waals surface area contributed by atoms with Crippen LogP contribution in [0.2, 0.25) is 0 Å². The zero-order chi connectivity index (χ0) is 31.5. The van der Waals surface area contributed by atoms with E-state index in [0.29, 0.717) is 31.2 Å². The van der Waals surface area contributed by atoms with Crippen molar-refractivity contribution in [2.75, 3.05) is 13.1 Å². The molecule has 0 radical (unpaired) electrons. The number of benzene rings is 1. The van der Waals surface area contributed by atoms with E-state index in [9.17, 15) is 9.59 Å². The highest BCUT2D eigenvalue weighted by Gasteiger charge is 2.32. The molecule has 2 amide bonds. The van der Waals surface area contributed by atoms with Crippen molar-refractivity contribution in [1.82, 2.24) is 20.4 Å². The Bertz CT molecular complexity index is 1210. The summed E-state index contributed by atoms with van der Waals surface area (Å²) >= 11 is 0. The molecule has 1 aromatic heterocycles. The fraction of sp³-hybridized carbons (Fsp3) is 0.667. The summed E-state index contributed by atoms with van der Waals surface area (Å²) in [4.78, 5) is 35.6. The summed E-state index contributed by atoms with van der Waals surface area (Å²) in [6.45, 7) is 13.8. The number of aliphatic imine (C=N–C) groups is 1. The number of hydrogen-bond acceptors (Lipinski definition) is 7. The van der Waals surface area contributed by atoms with Crippen LogP contribution in [0.15, 0.2) is 33.8 Å². The first kappa shape index (κ1) is 34.1. The van der Waals surface area contributed by atoms with Crippen LogP contribution in [0, 0.1) is 0 Å². The van der Waals surface area contributed by atoms with Crippen LogP contribution in [-0.4, -0.2) is 57.5 Å². The zero-order valence-corrected chi connectivity index (χ0v) is 27.2. The Hall–Kier alpha value is -3.43. The molecule has 0 bridgehead atoms. The van der Waals surface area contributed by atoms with E-state index in [1.54, 1.807) is 46.4 Å². The van der Waals surface area contributed by atoms with Gasteiger partial charge in [0.25, 0.3) is 0 Å². The van der Waals surface area contributed by atoms with Gasteiger partial charge in [0.1, 0.15) is 11.2 Å². The molecule has 1 aromatic carbocycles. The molecule has 1 N–H and O–H groups in total. The minimum Gasteiger partial charge on any atom is -0.444 e.